The summed E-state index contributed by atoms with van der Waals surface area (Å²) in [6.07, 6.45) is 5.88. The Bertz CT molecular complexity index is 117. The molecule has 2 nitrogen and oxygen atoms in total. The topological polar surface area (TPSA) is 49.8 Å². The Hall–Kier alpha value is -1.23. The molecule has 0 aromatic rings. The molecule has 0 unspecified atom stereocenters. The van der Waals surface area contributed by atoms with Gasteiger partial charge in [-0.15, -0.1) is 0 Å². The molecule has 7 heavy (non-hydrogen) atoms. The van der Waals surface area contributed by atoms with Gasteiger partial charge in [0, 0.05) is 6.08 Å². The number of hydrogen-bond donors (Lipinski definition) is 1. The largest absolute Gasteiger partial charge is 0.405 e. The molecule has 0 amide bonds. The molecule has 0 bridgehead atoms. The Morgan fingerprint density at radius 3 is 2.57 bits per heavy atom. The van der Waals surface area contributed by atoms with E-state index >= 15 is 0 Å². The smallest absolute Gasteiger partial charge is 0.0912 e. The lowest BCUT2D eigenvalue weighted by Crippen LogP contribution is -1.71. The Kier molecular flexibility index (Phi) is 3.93. The van der Waals surface area contributed by atoms with Crippen molar-refractivity contribution in [1.82, 2.24) is 0 Å². The molecule has 0 aromatic carbocycles. The van der Waals surface area contributed by atoms with Gasteiger partial charge in [0.05, 0.1) is 6.07 Å². The fraction of sp³-hybridized carbons (Fsp3) is 0. The summed E-state index contributed by atoms with van der Waals surface area (Å²) in [4.78, 5) is 0. The van der Waals surface area contributed by atoms with Crippen LogP contribution in [-0.2, 0) is 0 Å². The third kappa shape index (κ3) is 4.77. The summed E-state index contributed by atoms with van der Waals surface area (Å²) in [6, 6.07) is 1.82. The van der Waals surface area contributed by atoms with Gasteiger partial charge in [0.1, 0.15) is 0 Å². The Balaban J connectivity index is 3.33. The van der Waals surface area contributed by atoms with Gasteiger partial charge in [0.25, 0.3) is 0 Å². The van der Waals surface area contributed by atoms with Crippen LogP contribution in [0.5, 0.6) is 0 Å². The molecular formula is C5H6N2. The minimum Gasteiger partial charge on any atom is -0.405 e. The van der Waals surface area contributed by atoms with E-state index in [2.05, 4.69) is 0 Å². The highest BCUT2D eigenvalue weighted by molar-refractivity contribution is 5.10. The monoisotopic (exact) mass is 94.1 g/mol. The minimum atomic E-state index is 1.35. The second-order valence-electron chi connectivity index (χ2n) is 0.873. The summed E-state index contributed by atoms with van der Waals surface area (Å²) < 4.78 is 0. The number of rotatable bonds is 1. The van der Waals surface area contributed by atoms with Crippen LogP contribution in [0, 0.1) is 11.3 Å². The van der Waals surface area contributed by atoms with Gasteiger partial charge < -0.3 is 5.73 Å². The van der Waals surface area contributed by atoms with Gasteiger partial charge in [0.15, 0.2) is 0 Å². The van der Waals surface area contributed by atoms with E-state index in [-0.39, 0.29) is 0 Å². The van der Waals surface area contributed by atoms with E-state index in [1.807, 2.05) is 6.07 Å². The highest BCUT2D eigenvalue weighted by Crippen LogP contribution is 1.68. The molecule has 0 fully saturated rings. The van der Waals surface area contributed by atoms with Crippen LogP contribution >= 0.6 is 0 Å². The van der Waals surface area contributed by atoms with E-state index in [0.29, 0.717) is 0 Å². The molecule has 0 aromatic heterocycles. The molecule has 0 radical (unpaired) electrons. The van der Waals surface area contributed by atoms with Crippen LogP contribution in [0.2, 0.25) is 0 Å². The lowest BCUT2D eigenvalue weighted by atomic mass is 10.5. The summed E-state index contributed by atoms with van der Waals surface area (Å²) in [6.45, 7) is 0. The van der Waals surface area contributed by atoms with Crippen molar-refractivity contribution in [2.45, 2.75) is 0 Å². The molecule has 36 valence electrons. The molecule has 0 saturated heterocycles. The number of nitrogens with zero attached hydrogens (tertiary/aromatic N) is 1. The maximum atomic E-state index is 7.88. The predicted octanol–water partition coefficient (Wildman–Crippen LogP) is 0.539. The van der Waals surface area contributed by atoms with Gasteiger partial charge >= 0.3 is 0 Å². The molecule has 0 heterocycles. The van der Waals surface area contributed by atoms with E-state index in [1.165, 1.54) is 12.3 Å². The maximum Gasteiger partial charge on any atom is 0.0912 e. The van der Waals surface area contributed by atoms with Crippen LogP contribution in [0.1, 0.15) is 0 Å². The standard InChI is InChI=1S/C5H6N2/c6-4-2-1-3-5-7/h1-4H,6H2/b3-1-,4-2-. The number of nitrogens with two attached hydrogens (primary N) is 1. The third-order valence-electron chi connectivity index (χ3n) is 0.393. The Labute approximate surface area is 42.6 Å². The van der Waals surface area contributed by atoms with Crippen LogP contribution < -0.4 is 5.73 Å². The van der Waals surface area contributed by atoms with Crippen molar-refractivity contribution in [2.24, 2.45) is 5.73 Å². The Morgan fingerprint density at radius 1 is 1.43 bits per heavy atom. The molecule has 0 aliphatic rings. The lowest BCUT2D eigenvalue weighted by molar-refractivity contribution is 1.53. The zero-order valence-electron chi connectivity index (χ0n) is 3.83. The first-order valence-electron chi connectivity index (χ1n) is 1.85. The second-order valence-corrected chi connectivity index (χ2v) is 0.873. The van der Waals surface area contributed by atoms with E-state index in [0.717, 1.165) is 0 Å². The Morgan fingerprint density at radius 2 is 2.14 bits per heavy atom. The van der Waals surface area contributed by atoms with E-state index in [1.54, 1.807) is 12.2 Å². The molecule has 0 spiro atoms. The van der Waals surface area contributed by atoms with Crippen molar-refractivity contribution in [2.75, 3.05) is 0 Å². The highest BCUT2D eigenvalue weighted by Gasteiger charge is 1.54. The molecule has 0 aliphatic heterocycles. The van der Waals surface area contributed by atoms with Gasteiger partial charge in [-0.25, -0.2) is 0 Å². The van der Waals surface area contributed by atoms with Crippen molar-refractivity contribution in [3.8, 4) is 6.07 Å². The molecular weight excluding hydrogens is 88.1 g/mol. The second kappa shape index (κ2) is 4.77. The van der Waals surface area contributed by atoms with Crippen molar-refractivity contribution >= 4 is 0 Å². The van der Waals surface area contributed by atoms with Gasteiger partial charge in [-0.1, -0.05) is 6.08 Å². The first-order chi connectivity index (χ1) is 3.41. The maximum absolute atomic E-state index is 7.88. The van der Waals surface area contributed by atoms with Crippen LogP contribution in [0.3, 0.4) is 0 Å². The summed E-state index contributed by atoms with van der Waals surface area (Å²) >= 11 is 0. The summed E-state index contributed by atoms with van der Waals surface area (Å²) in [5.74, 6) is 0. The summed E-state index contributed by atoms with van der Waals surface area (Å²) in [7, 11) is 0. The van der Waals surface area contributed by atoms with Gasteiger partial charge in [0.2, 0.25) is 0 Å². The number of nitriles is 1. The average molecular weight is 94.1 g/mol. The first kappa shape index (κ1) is 5.77. The fourth-order valence-corrected chi connectivity index (χ4v) is 0.163. The fourth-order valence-electron chi connectivity index (χ4n) is 0.163. The van der Waals surface area contributed by atoms with Crippen molar-refractivity contribution in [3.63, 3.8) is 0 Å². The van der Waals surface area contributed by atoms with E-state index < -0.39 is 0 Å². The van der Waals surface area contributed by atoms with Crippen LogP contribution in [0.4, 0.5) is 0 Å². The zero-order chi connectivity index (χ0) is 5.54. The molecule has 0 rings (SSSR count). The summed E-state index contributed by atoms with van der Waals surface area (Å²) in [5, 5.41) is 7.88. The third-order valence-corrected chi connectivity index (χ3v) is 0.393. The van der Waals surface area contributed by atoms with E-state index in [9.17, 15) is 0 Å². The molecule has 2 heteroatoms. The molecule has 0 atom stereocenters. The van der Waals surface area contributed by atoms with Crippen LogP contribution in [-0.4, -0.2) is 0 Å². The van der Waals surface area contributed by atoms with Crippen molar-refractivity contribution < 1.29 is 0 Å². The van der Waals surface area contributed by atoms with Gasteiger partial charge in [-0.3, -0.25) is 0 Å². The molecule has 2 N–H and O–H groups in total. The van der Waals surface area contributed by atoms with E-state index in [4.69, 9.17) is 11.0 Å². The van der Waals surface area contributed by atoms with Gasteiger partial charge in [-0.2, -0.15) is 5.26 Å². The minimum absolute atomic E-state index is 1.35. The lowest BCUT2D eigenvalue weighted by Gasteiger charge is -1.62. The normalized spacial score (nSPS) is 10.1. The van der Waals surface area contributed by atoms with Crippen molar-refractivity contribution in [1.29, 1.82) is 5.26 Å². The quantitative estimate of drug-likeness (QED) is 0.381. The SMILES string of the molecule is N#C/C=C\C=C/N. The molecule has 0 saturated carbocycles. The summed E-state index contributed by atoms with van der Waals surface area (Å²) in [5.41, 5.74) is 4.93. The van der Waals surface area contributed by atoms with Crippen LogP contribution in [0.15, 0.2) is 24.4 Å². The zero-order valence-corrected chi connectivity index (χ0v) is 3.83. The predicted molar refractivity (Wildman–Crippen MR) is 28.1 cm³/mol. The van der Waals surface area contributed by atoms with Crippen molar-refractivity contribution in [3.05, 3.63) is 24.4 Å². The highest BCUT2D eigenvalue weighted by atomic mass is 14.5. The first-order valence-corrected chi connectivity index (χ1v) is 1.85. The van der Waals surface area contributed by atoms with Gasteiger partial charge in [-0.05, 0) is 12.3 Å². The average Bonchev–Trinajstić information content (AvgIpc) is 1.69. The number of hydrogen-bond acceptors (Lipinski definition) is 2. The number of allylic oxidation sites excluding steroid dienone is 3. The molecule has 0 aliphatic carbocycles. The van der Waals surface area contributed by atoms with Crippen LogP contribution in [0.25, 0.3) is 0 Å².